The molecule has 1 aromatic rings. The fourth-order valence-corrected chi connectivity index (χ4v) is 2.40. The van der Waals surface area contributed by atoms with Crippen LogP contribution in [0.25, 0.3) is 0 Å². The van der Waals surface area contributed by atoms with Gasteiger partial charge in [0, 0.05) is 39.1 Å². The van der Waals surface area contributed by atoms with Gasteiger partial charge in [-0.25, -0.2) is 0 Å². The van der Waals surface area contributed by atoms with Gasteiger partial charge in [0.1, 0.15) is 6.04 Å². The highest BCUT2D eigenvalue weighted by molar-refractivity contribution is 5.83. The van der Waals surface area contributed by atoms with Gasteiger partial charge in [-0.15, -0.1) is 0 Å². The van der Waals surface area contributed by atoms with Crippen LogP contribution in [0.2, 0.25) is 0 Å². The zero-order valence-electron chi connectivity index (χ0n) is 11.5. The summed E-state index contributed by atoms with van der Waals surface area (Å²) < 4.78 is 0. The number of rotatable bonds is 4. The molecule has 0 aliphatic carbocycles. The number of hydrogen-bond donors (Lipinski definition) is 1. The number of benzene rings is 1. The Morgan fingerprint density at radius 3 is 2.50 bits per heavy atom. The zero-order chi connectivity index (χ0) is 14.4. The summed E-state index contributed by atoms with van der Waals surface area (Å²) in [6, 6.07) is 11.0. The molecule has 5 heteroatoms. The molecule has 20 heavy (non-hydrogen) atoms. The number of nitriles is 1. The van der Waals surface area contributed by atoms with Crippen molar-refractivity contribution in [2.24, 2.45) is 5.73 Å². The van der Waals surface area contributed by atoms with E-state index in [0.717, 1.165) is 25.2 Å². The minimum absolute atomic E-state index is 0.0175. The second-order valence-corrected chi connectivity index (χ2v) is 4.96. The Balaban J connectivity index is 1.87. The van der Waals surface area contributed by atoms with Crippen LogP contribution in [0.3, 0.4) is 0 Å². The second-order valence-electron chi connectivity index (χ2n) is 4.96. The lowest BCUT2D eigenvalue weighted by Crippen LogP contribution is -2.51. The zero-order valence-corrected chi connectivity index (χ0v) is 11.5. The largest absolute Gasteiger partial charge is 0.338 e. The third-order valence-electron chi connectivity index (χ3n) is 3.65. The molecule has 1 unspecified atom stereocenters. The summed E-state index contributed by atoms with van der Waals surface area (Å²) in [5, 5.41) is 8.58. The molecule has 0 saturated carbocycles. The molecule has 2 N–H and O–H groups in total. The lowest BCUT2D eigenvalue weighted by molar-refractivity contribution is -0.134. The highest BCUT2D eigenvalue weighted by atomic mass is 16.2. The first kappa shape index (κ1) is 14.5. The van der Waals surface area contributed by atoms with Gasteiger partial charge in [-0.3, -0.25) is 9.69 Å². The van der Waals surface area contributed by atoms with E-state index in [1.54, 1.807) is 0 Å². The summed E-state index contributed by atoms with van der Waals surface area (Å²) in [4.78, 5) is 16.4. The van der Waals surface area contributed by atoms with Gasteiger partial charge in [-0.1, -0.05) is 30.3 Å². The fraction of sp³-hybridized carbons (Fsp3) is 0.467. The van der Waals surface area contributed by atoms with Gasteiger partial charge in [0.2, 0.25) is 5.91 Å². The Bertz CT molecular complexity index is 474. The van der Waals surface area contributed by atoms with Crippen LogP contribution in [-0.4, -0.2) is 48.4 Å². The van der Waals surface area contributed by atoms with Crippen LogP contribution in [0.4, 0.5) is 0 Å². The Hall–Kier alpha value is -1.90. The number of carbonyl (C=O) groups is 1. The van der Waals surface area contributed by atoms with E-state index in [4.69, 9.17) is 11.0 Å². The van der Waals surface area contributed by atoms with Crippen LogP contribution < -0.4 is 5.73 Å². The molecule has 0 radical (unpaired) electrons. The Morgan fingerprint density at radius 2 is 1.90 bits per heavy atom. The van der Waals surface area contributed by atoms with Crippen LogP contribution in [0.15, 0.2) is 30.3 Å². The van der Waals surface area contributed by atoms with E-state index in [1.165, 1.54) is 0 Å². The van der Waals surface area contributed by atoms with E-state index in [0.29, 0.717) is 19.5 Å². The summed E-state index contributed by atoms with van der Waals surface area (Å²) in [7, 11) is 0. The lowest BCUT2D eigenvalue weighted by atomic mass is 10.1. The average Bonchev–Trinajstić information content (AvgIpc) is 2.53. The van der Waals surface area contributed by atoms with Crippen molar-refractivity contribution in [2.75, 3.05) is 32.7 Å². The molecule has 106 valence electrons. The van der Waals surface area contributed by atoms with Crippen molar-refractivity contribution in [1.29, 1.82) is 5.26 Å². The fourth-order valence-electron chi connectivity index (χ4n) is 2.40. The normalized spacial score (nSPS) is 17.5. The molecule has 0 bridgehead atoms. The van der Waals surface area contributed by atoms with Crippen LogP contribution in [0.5, 0.6) is 0 Å². The van der Waals surface area contributed by atoms with E-state index in [9.17, 15) is 4.79 Å². The quantitative estimate of drug-likeness (QED) is 0.877. The molecular formula is C15H20N4O. The number of amides is 1. The summed E-state index contributed by atoms with van der Waals surface area (Å²) in [5.41, 5.74) is 6.89. The van der Waals surface area contributed by atoms with Crippen molar-refractivity contribution in [1.82, 2.24) is 9.80 Å². The molecule has 1 atom stereocenters. The molecule has 1 saturated heterocycles. The molecule has 1 heterocycles. The Labute approximate surface area is 119 Å². The molecule has 1 fully saturated rings. The second kappa shape index (κ2) is 7.04. The molecule has 1 aromatic carbocycles. The Morgan fingerprint density at radius 1 is 1.25 bits per heavy atom. The van der Waals surface area contributed by atoms with Crippen molar-refractivity contribution in [3.8, 4) is 6.07 Å². The standard InChI is InChI=1S/C15H20N4O/c16-7-4-8-18-9-11-19(12-10-18)15(20)14(17)13-5-2-1-3-6-13/h1-3,5-6,14H,4,8-12,17H2. The van der Waals surface area contributed by atoms with Gasteiger partial charge in [-0.05, 0) is 5.56 Å². The van der Waals surface area contributed by atoms with Crippen molar-refractivity contribution in [3.05, 3.63) is 35.9 Å². The van der Waals surface area contributed by atoms with Gasteiger partial charge < -0.3 is 10.6 Å². The van der Waals surface area contributed by atoms with Gasteiger partial charge in [-0.2, -0.15) is 5.26 Å². The molecule has 1 amide bonds. The number of hydrogen-bond acceptors (Lipinski definition) is 4. The molecule has 5 nitrogen and oxygen atoms in total. The van der Waals surface area contributed by atoms with Crippen LogP contribution in [0.1, 0.15) is 18.0 Å². The molecule has 0 aromatic heterocycles. The monoisotopic (exact) mass is 272 g/mol. The van der Waals surface area contributed by atoms with Crippen molar-refractivity contribution >= 4 is 5.91 Å². The lowest BCUT2D eigenvalue weighted by Gasteiger charge is -2.35. The van der Waals surface area contributed by atoms with Crippen LogP contribution in [-0.2, 0) is 4.79 Å². The first-order chi connectivity index (χ1) is 9.72. The van der Waals surface area contributed by atoms with Crippen LogP contribution in [0, 0.1) is 11.3 Å². The Kier molecular flexibility index (Phi) is 5.10. The number of piperazine rings is 1. The maximum Gasteiger partial charge on any atom is 0.244 e. The van der Waals surface area contributed by atoms with E-state index in [2.05, 4.69) is 11.0 Å². The van der Waals surface area contributed by atoms with E-state index in [1.807, 2.05) is 35.2 Å². The van der Waals surface area contributed by atoms with Gasteiger partial charge in [0.05, 0.1) is 6.07 Å². The van der Waals surface area contributed by atoms with E-state index >= 15 is 0 Å². The molecule has 1 aliphatic rings. The van der Waals surface area contributed by atoms with Gasteiger partial charge in [0.25, 0.3) is 0 Å². The summed E-state index contributed by atoms with van der Waals surface area (Å²) >= 11 is 0. The van der Waals surface area contributed by atoms with Crippen molar-refractivity contribution < 1.29 is 4.79 Å². The molecule has 0 spiro atoms. The minimum atomic E-state index is -0.582. The molecule has 2 rings (SSSR count). The number of nitrogens with zero attached hydrogens (tertiary/aromatic N) is 3. The first-order valence-corrected chi connectivity index (χ1v) is 6.91. The predicted molar refractivity (Wildman–Crippen MR) is 76.6 cm³/mol. The summed E-state index contributed by atoms with van der Waals surface area (Å²) in [5.74, 6) is -0.0175. The summed E-state index contributed by atoms with van der Waals surface area (Å²) in [6.07, 6.45) is 0.539. The third kappa shape index (κ3) is 3.56. The smallest absolute Gasteiger partial charge is 0.244 e. The summed E-state index contributed by atoms with van der Waals surface area (Å²) in [6.45, 7) is 3.78. The van der Waals surface area contributed by atoms with Crippen molar-refractivity contribution in [2.45, 2.75) is 12.5 Å². The maximum absolute atomic E-state index is 12.3. The SMILES string of the molecule is N#CCCN1CCN(C(=O)C(N)c2ccccc2)CC1. The maximum atomic E-state index is 12.3. The average molecular weight is 272 g/mol. The highest BCUT2D eigenvalue weighted by Crippen LogP contribution is 2.14. The molecule has 1 aliphatic heterocycles. The third-order valence-corrected chi connectivity index (χ3v) is 3.65. The predicted octanol–water partition coefficient (Wildman–Crippen LogP) is 0.744. The number of carbonyl (C=O) groups excluding carboxylic acids is 1. The minimum Gasteiger partial charge on any atom is -0.338 e. The van der Waals surface area contributed by atoms with Crippen molar-refractivity contribution in [3.63, 3.8) is 0 Å². The van der Waals surface area contributed by atoms with E-state index < -0.39 is 6.04 Å². The topological polar surface area (TPSA) is 73.4 Å². The number of nitrogens with two attached hydrogens (primary N) is 1. The van der Waals surface area contributed by atoms with Crippen LogP contribution >= 0.6 is 0 Å². The first-order valence-electron chi connectivity index (χ1n) is 6.91. The van der Waals surface area contributed by atoms with E-state index in [-0.39, 0.29) is 5.91 Å². The van der Waals surface area contributed by atoms with Gasteiger partial charge >= 0.3 is 0 Å². The molecular weight excluding hydrogens is 252 g/mol. The highest BCUT2D eigenvalue weighted by Gasteiger charge is 2.25. The van der Waals surface area contributed by atoms with Gasteiger partial charge in [0.15, 0.2) is 0 Å².